The fraction of sp³-hybridized carbons (Fsp3) is 0.308. The van der Waals surface area contributed by atoms with Crippen molar-refractivity contribution in [3.8, 4) is 0 Å². The van der Waals surface area contributed by atoms with E-state index in [1.54, 1.807) is 11.3 Å². The van der Waals surface area contributed by atoms with Crippen LogP contribution < -0.4 is 11.3 Å². The summed E-state index contributed by atoms with van der Waals surface area (Å²) in [6.07, 6.45) is 2.80. The highest BCUT2D eigenvalue weighted by Crippen LogP contribution is 2.24. The molecule has 2 rings (SSSR count). The first-order valence-electron chi connectivity index (χ1n) is 5.63. The summed E-state index contributed by atoms with van der Waals surface area (Å²) < 4.78 is 0. The summed E-state index contributed by atoms with van der Waals surface area (Å²) in [5.74, 6) is 5.64. The lowest BCUT2D eigenvalue weighted by atomic mass is 10.0. The predicted molar refractivity (Wildman–Crippen MR) is 71.8 cm³/mol. The van der Waals surface area contributed by atoms with E-state index in [0.29, 0.717) is 0 Å². The quantitative estimate of drug-likeness (QED) is 0.644. The second-order valence-corrected chi connectivity index (χ2v) is 5.40. The molecule has 1 aromatic heterocycles. The number of nitrogens with two attached hydrogens (primary N) is 1. The average molecular weight is 247 g/mol. The van der Waals surface area contributed by atoms with Crippen molar-refractivity contribution >= 4 is 11.3 Å². The molecule has 0 aliphatic heterocycles. The van der Waals surface area contributed by atoms with Crippen LogP contribution >= 0.6 is 11.3 Å². The molecule has 0 spiro atoms. The summed E-state index contributed by atoms with van der Waals surface area (Å²) in [6.45, 7) is 4.14. The lowest BCUT2D eigenvalue weighted by molar-refractivity contribution is 0.558. The zero-order valence-corrected chi connectivity index (χ0v) is 10.9. The molecule has 0 saturated carbocycles. The van der Waals surface area contributed by atoms with Gasteiger partial charge in [-0.15, -0.1) is 11.3 Å². The zero-order chi connectivity index (χ0) is 12.3. The van der Waals surface area contributed by atoms with Gasteiger partial charge in [0.2, 0.25) is 0 Å². The Morgan fingerprint density at radius 2 is 2.12 bits per heavy atom. The van der Waals surface area contributed by atoms with E-state index in [1.807, 2.05) is 13.1 Å². The van der Waals surface area contributed by atoms with E-state index >= 15 is 0 Å². The van der Waals surface area contributed by atoms with Crippen LogP contribution in [0.4, 0.5) is 0 Å². The molecule has 2 aromatic rings. The molecule has 1 unspecified atom stereocenters. The highest BCUT2D eigenvalue weighted by atomic mass is 32.1. The van der Waals surface area contributed by atoms with Crippen molar-refractivity contribution in [1.82, 2.24) is 10.4 Å². The molecule has 0 bridgehead atoms. The number of aryl methyl sites for hydroxylation is 2. The van der Waals surface area contributed by atoms with Crippen LogP contribution in [0.1, 0.15) is 27.1 Å². The summed E-state index contributed by atoms with van der Waals surface area (Å²) >= 11 is 1.69. The second kappa shape index (κ2) is 5.40. The first-order valence-corrected chi connectivity index (χ1v) is 6.45. The van der Waals surface area contributed by atoms with Gasteiger partial charge in [0.1, 0.15) is 0 Å². The standard InChI is InChI=1S/C13H17N3S/c1-9-5-3-4-6-11(9)7-12(16-14)13-8-15-10(2)17-13/h3-6,8,12,16H,7,14H2,1-2H3. The monoisotopic (exact) mass is 247 g/mol. The number of hydrogen-bond donors (Lipinski definition) is 2. The number of benzene rings is 1. The molecule has 4 heteroatoms. The minimum absolute atomic E-state index is 0.141. The third-order valence-corrected chi connectivity index (χ3v) is 3.90. The number of nitrogens with zero attached hydrogens (tertiary/aromatic N) is 1. The molecule has 0 aliphatic carbocycles. The summed E-state index contributed by atoms with van der Waals surface area (Å²) in [5, 5.41) is 1.07. The Morgan fingerprint density at radius 3 is 2.71 bits per heavy atom. The highest BCUT2D eigenvalue weighted by Gasteiger charge is 2.14. The molecule has 0 saturated heterocycles. The summed E-state index contributed by atoms with van der Waals surface area (Å²) in [4.78, 5) is 5.46. The Kier molecular flexibility index (Phi) is 3.89. The number of nitrogens with one attached hydrogen (secondary N) is 1. The molecule has 3 nitrogen and oxygen atoms in total. The Morgan fingerprint density at radius 1 is 1.35 bits per heavy atom. The molecule has 3 N–H and O–H groups in total. The fourth-order valence-electron chi connectivity index (χ4n) is 1.84. The lowest BCUT2D eigenvalue weighted by Gasteiger charge is -2.15. The molecule has 1 aromatic carbocycles. The van der Waals surface area contributed by atoms with Gasteiger partial charge in [-0.25, -0.2) is 4.98 Å². The molecule has 1 atom stereocenters. The normalized spacial score (nSPS) is 12.6. The number of aromatic nitrogens is 1. The van der Waals surface area contributed by atoms with Crippen molar-refractivity contribution in [1.29, 1.82) is 0 Å². The SMILES string of the molecule is Cc1ncc(C(Cc2ccccc2C)NN)s1. The molecule has 0 fully saturated rings. The maximum Gasteiger partial charge on any atom is 0.0897 e. The molecule has 1 heterocycles. The van der Waals surface area contributed by atoms with Crippen LogP contribution in [0, 0.1) is 13.8 Å². The molecule has 17 heavy (non-hydrogen) atoms. The first-order chi connectivity index (χ1) is 8.20. The number of rotatable bonds is 4. The van der Waals surface area contributed by atoms with Gasteiger partial charge in [0.05, 0.1) is 11.0 Å². The van der Waals surface area contributed by atoms with Gasteiger partial charge in [-0.05, 0) is 31.4 Å². The molecular weight excluding hydrogens is 230 g/mol. The first kappa shape index (κ1) is 12.2. The van der Waals surface area contributed by atoms with Gasteiger partial charge in [0.15, 0.2) is 0 Å². The van der Waals surface area contributed by atoms with E-state index < -0.39 is 0 Å². The Hall–Kier alpha value is -1.23. The lowest BCUT2D eigenvalue weighted by Crippen LogP contribution is -2.29. The van der Waals surface area contributed by atoms with Crippen molar-refractivity contribution in [2.45, 2.75) is 26.3 Å². The van der Waals surface area contributed by atoms with E-state index in [9.17, 15) is 0 Å². The van der Waals surface area contributed by atoms with Crippen molar-refractivity contribution in [3.05, 3.63) is 51.5 Å². The van der Waals surface area contributed by atoms with Gasteiger partial charge in [-0.3, -0.25) is 11.3 Å². The molecule has 0 radical (unpaired) electrons. The predicted octanol–water partition coefficient (Wildman–Crippen LogP) is 2.51. The molecular formula is C13H17N3S. The minimum Gasteiger partial charge on any atom is -0.271 e. The van der Waals surface area contributed by atoms with Crippen LogP contribution in [-0.2, 0) is 6.42 Å². The van der Waals surface area contributed by atoms with E-state index in [0.717, 1.165) is 11.4 Å². The van der Waals surface area contributed by atoms with Gasteiger partial charge >= 0.3 is 0 Å². The fourth-order valence-corrected chi connectivity index (χ4v) is 2.69. The van der Waals surface area contributed by atoms with Gasteiger partial charge in [0.25, 0.3) is 0 Å². The Bertz CT molecular complexity index is 493. The molecule has 0 aliphatic rings. The summed E-state index contributed by atoms with van der Waals surface area (Å²) in [7, 11) is 0. The van der Waals surface area contributed by atoms with Crippen molar-refractivity contribution in [2.75, 3.05) is 0 Å². The second-order valence-electron chi connectivity index (χ2n) is 4.13. The Balaban J connectivity index is 2.18. The van der Waals surface area contributed by atoms with Crippen LogP contribution in [0.15, 0.2) is 30.5 Å². The third kappa shape index (κ3) is 2.91. The van der Waals surface area contributed by atoms with E-state index in [2.05, 4.69) is 41.6 Å². The minimum atomic E-state index is 0.141. The van der Waals surface area contributed by atoms with E-state index in [4.69, 9.17) is 5.84 Å². The van der Waals surface area contributed by atoms with Gasteiger partial charge in [0, 0.05) is 11.1 Å². The number of hydrazine groups is 1. The van der Waals surface area contributed by atoms with E-state index in [1.165, 1.54) is 16.0 Å². The van der Waals surface area contributed by atoms with Crippen LogP contribution in [-0.4, -0.2) is 4.98 Å². The Labute approximate surface area is 106 Å². The van der Waals surface area contributed by atoms with Gasteiger partial charge in [-0.2, -0.15) is 0 Å². The summed E-state index contributed by atoms with van der Waals surface area (Å²) in [6, 6.07) is 8.53. The van der Waals surface area contributed by atoms with Crippen LogP contribution in [0.5, 0.6) is 0 Å². The van der Waals surface area contributed by atoms with Gasteiger partial charge < -0.3 is 0 Å². The van der Waals surface area contributed by atoms with Crippen LogP contribution in [0.2, 0.25) is 0 Å². The van der Waals surface area contributed by atoms with Crippen LogP contribution in [0.25, 0.3) is 0 Å². The van der Waals surface area contributed by atoms with Crippen molar-refractivity contribution < 1.29 is 0 Å². The molecule has 0 amide bonds. The maximum atomic E-state index is 5.64. The highest BCUT2D eigenvalue weighted by molar-refractivity contribution is 7.11. The van der Waals surface area contributed by atoms with Crippen molar-refractivity contribution in [2.24, 2.45) is 5.84 Å². The largest absolute Gasteiger partial charge is 0.271 e. The van der Waals surface area contributed by atoms with Crippen LogP contribution in [0.3, 0.4) is 0 Å². The average Bonchev–Trinajstić information content (AvgIpc) is 2.75. The topological polar surface area (TPSA) is 50.9 Å². The number of hydrogen-bond acceptors (Lipinski definition) is 4. The van der Waals surface area contributed by atoms with Gasteiger partial charge in [-0.1, -0.05) is 24.3 Å². The number of thiazole rings is 1. The smallest absolute Gasteiger partial charge is 0.0897 e. The zero-order valence-electron chi connectivity index (χ0n) is 10.1. The maximum absolute atomic E-state index is 5.64. The van der Waals surface area contributed by atoms with Crippen molar-refractivity contribution in [3.63, 3.8) is 0 Å². The van der Waals surface area contributed by atoms with E-state index in [-0.39, 0.29) is 6.04 Å². The summed E-state index contributed by atoms with van der Waals surface area (Å²) in [5.41, 5.74) is 5.50. The third-order valence-electron chi connectivity index (χ3n) is 2.87. The molecule has 90 valence electrons.